The van der Waals surface area contributed by atoms with Gasteiger partial charge in [-0.05, 0) is 23.8 Å². The Morgan fingerprint density at radius 2 is 1.76 bits per heavy atom. The lowest BCUT2D eigenvalue weighted by Gasteiger charge is -2.01. The standard InChI is InChI=1S/C16H12F2N2S/c17-11-5-10(6-12(18)8-11)7-16-20-15(9-21-16)13-3-1-2-4-14(13)19/h1-6,8-9H,7,19H2. The molecule has 21 heavy (non-hydrogen) atoms. The molecular weight excluding hydrogens is 290 g/mol. The Morgan fingerprint density at radius 1 is 1.05 bits per heavy atom. The summed E-state index contributed by atoms with van der Waals surface area (Å²) in [6, 6.07) is 11.0. The van der Waals surface area contributed by atoms with Crippen LogP contribution in [-0.2, 0) is 6.42 Å². The molecule has 0 unspecified atom stereocenters. The van der Waals surface area contributed by atoms with Crippen LogP contribution < -0.4 is 5.73 Å². The van der Waals surface area contributed by atoms with Crippen molar-refractivity contribution >= 4 is 17.0 Å². The SMILES string of the molecule is Nc1ccccc1-c1csc(Cc2cc(F)cc(F)c2)n1. The van der Waals surface area contributed by atoms with Gasteiger partial charge < -0.3 is 5.73 Å². The zero-order chi connectivity index (χ0) is 14.8. The van der Waals surface area contributed by atoms with Crippen LogP contribution in [0.2, 0.25) is 0 Å². The second-order valence-electron chi connectivity index (χ2n) is 4.67. The number of para-hydroxylation sites is 1. The molecule has 0 bridgehead atoms. The first kappa shape index (κ1) is 13.7. The van der Waals surface area contributed by atoms with Crippen molar-refractivity contribution in [1.82, 2.24) is 4.98 Å². The van der Waals surface area contributed by atoms with Crippen LogP contribution in [0.5, 0.6) is 0 Å². The quantitative estimate of drug-likeness (QED) is 0.734. The van der Waals surface area contributed by atoms with Crippen molar-refractivity contribution in [2.24, 2.45) is 0 Å². The molecule has 0 radical (unpaired) electrons. The van der Waals surface area contributed by atoms with E-state index in [0.717, 1.165) is 22.3 Å². The average molecular weight is 302 g/mol. The molecule has 0 spiro atoms. The van der Waals surface area contributed by atoms with Gasteiger partial charge in [0, 0.05) is 29.1 Å². The Bertz CT molecular complexity index is 763. The zero-order valence-electron chi connectivity index (χ0n) is 11.0. The zero-order valence-corrected chi connectivity index (χ0v) is 11.8. The van der Waals surface area contributed by atoms with E-state index in [0.29, 0.717) is 17.7 Å². The number of benzene rings is 2. The molecule has 1 aromatic heterocycles. The lowest BCUT2D eigenvalue weighted by molar-refractivity contribution is 0.580. The molecule has 0 aliphatic heterocycles. The fourth-order valence-corrected chi connectivity index (χ4v) is 2.96. The van der Waals surface area contributed by atoms with Gasteiger partial charge >= 0.3 is 0 Å². The first-order chi connectivity index (χ1) is 10.1. The average Bonchev–Trinajstić information content (AvgIpc) is 2.86. The van der Waals surface area contributed by atoms with Crippen LogP contribution in [0.4, 0.5) is 14.5 Å². The number of nitrogen functional groups attached to an aromatic ring is 1. The lowest BCUT2D eigenvalue weighted by atomic mass is 10.1. The van der Waals surface area contributed by atoms with Gasteiger partial charge in [0.15, 0.2) is 0 Å². The van der Waals surface area contributed by atoms with Crippen molar-refractivity contribution in [3.05, 3.63) is 70.1 Å². The number of hydrogen-bond acceptors (Lipinski definition) is 3. The first-order valence-electron chi connectivity index (χ1n) is 6.36. The highest BCUT2D eigenvalue weighted by molar-refractivity contribution is 7.10. The highest BCUT2D eigenvalue weighted by atomic mass is 32.1. The summed E-state index contributed by atoms with van der Waals surface area (Å²) in [7, 11) is 0. The minimum absolute atomic E-state index is 0.395. The molecule has 5 heteroatoms. The molecule has 0 aliphatic carbocycles. The maximum atomic E-state index is 13.2. The van der Waals surface area contributed by atoms with Crippen LogP contribution in [0.3, 0.4) is 0 Å². The van der Waals surface area contributed by atoms with Gasteiger partial charge in [-0.25, -0.2) is 13.8 Å². The number of rotatable bonds is 3. The van der Waals surface area contributed by atoms with Gasteiger partial charge in [-0.2, -0.15) is 0 Å². The van der Waals surface area contributed by atoms with E-state index in [9.17, 15) is 8.78 Å². The fourth-order valence-electron chi connectivity index (χ4n) is 2.13. The number of nitrogens with zero attached hydrogens (tertiary/aromatic N) is 1. The summed E-state index contributed by atoms with van der Waals surface area (Å²) in [5, 5.41) is 2.69. The fraction of sp³-hybridized carbons (Fsp3) is 0.0625. The molecule has 0 saturated carbocycles. The summed E-state index contributed by atoms with van der Waals surface area (Å²) < 4.78 is 26.4. The largest absolute Gasteiger partial charge is 0.398 e. The molecule has 2 nitrogen and oxygen atoms in total. The van der Waals surface area contributed by atoms with Gasteiger partial charge in [0.1, 0.15) is 11.6 Å². The Balaban J connectivity index is 1.87. The van der Waals surface area contributed by atoms with Gasteiger partial charge in [-0.1, -0.05) is 18.2 Å². The molecular formula is C16H12F2N2S. The number of aromatic nitrogens is 1. The molecule has 0 amide bonds. The van der Waals surface area contributed by atoms with Crippen LogP contribution in [0, 0.1) is 11.6 Å². The van der Waals surface area contributed by atoms with E-state index >= 15 is 0 Å². The predicted octanol–water partition coefficient (Wildman–Crippen LogP) is 4.26. The summed E-state index contributed by atoms with van der Waals surface area (Å²) in [5.41, 5.74) is 8.79. The number of halogens is 2. The van der Waals surface area contributed by atoms with Gasteiger partial charge in [-0.3, -0.25) is 0 Å². The maximum Gasteiger partial charge on any atom is 0.126 e. The maximum absolute atomic E-state index is 13.2. The van der Waals surface area contributed by atoms with E-state index in [1.165, 1.54) is 23.5 Å². The summed E-state index contributed by atoms with van der Waals surface area (Å²) in [6.07, 6.45) is 0.395. The van der Waals surface area contributed by atoms with Gasteiger partial charge in [-0.15, -0.1) is 11.3 Å². The normalized spacial score (nSPS) is 10.8. The highest BCUT2D eigenvalue weighted by Crippen LogP contribution is 2.27. The third kappa shape index (κ3) is 3.08. The Hall–Kier alpha value is -2.27. The van der Waals surface area contributed by atoms with E-state index in [1.807, 2.05) is 29.6 Å². The summed E-state index contributed by atoms with van der Waals surface area (Å²) in [6.45, 7) is 0. The highest BCUT2D eigenvalue weighted by Gasteiger charge is 2.09. The van der Waals surface area contributed by atoms with Crippen LogP contribution in [0.15, 0.2) is 47.8 Å². The molecule has 3 rings (SSSR count). The molecule has 0 aliphatic rings. The lowest BCUT2D eigenvalue weighted by Crippen LogP contribution is -1.92. The summed E-state index contributed by atoms with van der Waals surface area (Å²) >= 11 is 1.45. The topological polar surface area (TPSA) is 38.9 Å². The first-order valence-corrected chi connectivity index (χ1v) is 7.24. The van der Waals surface area contributed by atoms with Crippen molar-refractivity contribution in [2.75, 3.05) is 5.73 Å². The minimum atomic E-state index is -0.575. The third-order valence-corrected chi connectivity index (χ3v) is 3.91. The van der Waals surface area contributed by atoms with E-state index in [1.54, 1.807) is 0 Å². The predicted molar refractivity (Wildman–Crippen MR) is 81.1 cm³/mol. The van der Waals surface area contributed by atoms with Crippen LogP contribution >= 0.6 is 11.3 Å². The van der Waals surface area contributed by atoms with Crippen molar-refractivity contribution < 1.29 is 8.78 Å². The van der Waals surface area contributed by atoms with Crippen molar-refractivity contribution in [1.29, 1.82) is 0 Å². The minimum Gasteiger partial charge on any atom is -0.398 e. The van der Waals surface area contributed by atoms with E-state index in [-0.39, 0.29) is 0 Å². The molecule has 106 valence electrons. The van der Waals surface area contributed by atoms with E-state index in [4.69, 9.17) is 5.73 Å². The van der Waals surface area contributed by atoms with Gasteiger partial charge in [0.2, 0.25) is 0 Å². The Labute approximate surface area is 124 Å². The van der Waals surface area contributed by atoms with Gasteiger partial charge in [0.05, 0.1) is 10.7 Å². The van der Waals surface area contributed by atoms with Gasteiger partial charge in [0.25, 0.3) is 0 Å². The van der Waals surface area contributed by atoms with Crippen LogP contribution in [0.1, 0.15) is 10.6 Å². The molecule has 0 atom stereocenters. The summed E-state index contributed by atoms with van der Waals surface area (Å²) in [4.78, 5) is 4.49. The van der Waals surface area contributed by atoms with Crippen LogP contribution in [0.25, 0.3) is 11.3 Å². The molecule has 2 N–H and O–H groups in total. The number of nitrogens with two attached hydrogens (primary N) is 1. The van der Waals surface area contributed by atoms with E-state index in [2.05, 4.69) is 4.98 Å². The van der Waals surface area contributed by atoms with E-state index < -0.39 is 11.6 Å². The smallest absolute Gasteiger partial charge is 0.126 e. The Kier molecular flexibility index (Phi) is 3.66. The van der Waals surface area contributed by atoms with Crippen molar-refractivity contribution in [3.63, 3.8) is 0 Å². The number of thiazole rings is 1. The van der Waals surface area contributed by atoms with Crippen molar-refractivity contribution in [3.8, 4) is 11.3 Å². The molecule has 1 heterocycles. The second-order valence-corrected chi connectivity index (χ2v) is 5.61. The molecule has 0 fully saturated rings. The van der Waals surface area contributed by atoms with Crippen LogP contribution in [-0.4, -0.2) is 4.98 Å². The Morgan fingerprint density at radius 3 is 2.48 bits per heavy atom. The summed E-state index contributed by atoms with van der Waals surface area (Å²) in [5.74, 6) is -1.15. The molecule has 3 aromatic rings. The molecule has 2 aromatic carbocycles. The molecule has 0 saturated heterocycles. The number of hydrogen-bond donors (Lipinski definition) is 1. The third-order valence-electron chi connectivity index (χ3n) is 3.07. The van der Waals surface area contributed by atoms with Crippen molar-refractivity contribution in [2.45, 2.75) is 6.42 Å². The second kappa shape index (κ2) is 5.61. The number of anilines is 1. The monoisotopic (exact) mass is 302 g/mol.